The van der Waals surface area contributed by atoms with Crippen LogP contribution in [0.3, 0.4) is 0 Å². The molecule has 0 aliphatic rings. The van der Waals surface area contributed by atoms with E-state index < -0.39 is 6.29 Å². The van der Waals surface area contributed by atoms with Crippen molar-refractivity contribution in [1.29, 1.82) is 0 Å². The van der Waals surface area contributed by atoms with E-state index in [1.54, 1.807) is 18.2 Å². The van der Waals surface area contributed by atoms with Gasteiger partial charge in [0, 0.05) is 0 Å². The average molecular weight is 114 g/mol. The van der Waals surface area contributed by atoms with Crippen molar-refractivity contribution < 1.29 is 10.2 Å². The van der Waals surface area contributed by atoms with E-state index in [4.69, 9.17) is 10.2 Å². The monoisotopic (exact) mass is 114 g/mol. The highest BCUT2D eigenvalue weighted by atomic mass is 16.5. The fourth-order valence-corrected chi connectivity index (χ4v) is 0.275. The molecule has 0 fully saturated rings. The maximum atomic E-state index is 8.21. The molecule has 0 saturated carbocycles. The van der Waals surface area contributed by atoms with Crippen molar-refractivity contribution in [2.45, 2.75) is 13.2 Å². The van der Waals surface area contributed by atoms with Crippen molar-refractivity contribution >= 4 is 0 Å². The van der Waals surface area contributed by atoms with Crippen LogP contribution in [0.25, 0.3) is 0 Å². The maximum absolute atomic E-state index is 8.21. The van der Waals surface area contributed by atoms with Crippen LogP contribution >= 0.6 is 0 Å². The molecule has 0 saturated heterocycles. The highest BCUT2D eigenvalue weighted by Gasteiger charge is 1.80. The molecule has 0 aromatic rings. The van der Waals surface area contributed by atoms with E-state index in [9.17, 15) is 0 Å². The average Bonchev–Trinajstić information content (AvgIpc) is 1.66. The van der Waals surface area contributed by atoms with E-state index in [0.717, 1.165) is 0 Å². The fourth-order valence-electron chi connectivity index (χ4n) is 0.275. The highest BCUT2D eigenvalue weighted by Crippen LogP contribution is 1.79. The predicted octanol–water partition coefficient (Wildman–Crippen LogP) is 0.429. The highest BCUT2D eigenvalue weighted by molar-refractivity contribution is 5.01. The Bertz CT molecular complexity index is 92.7. The zero-order valence-electron chi connectivity index (χ0n) is 4.78. The molecule has 0 aliphatic heterocycles. The Labute approximate surface area is 48.8 Å². The van der Waals surface area contributed by atoms with Crippen LogP contribution in [0.2, 0.25) is 0 Å². The van der Waals surface area contributed by atoms with Crippen LogP contribution in [0.5, 0.6) is 0 Å². The first-order valence-electron chi connectivity index (χ1n) is 2.43. The van der Waals surface area contributed by atoms with Gasteiger partial charge in [0.2, 0.25) is 0 Å². The van der Waals surface area contributed by atoms with E-state index in [1.807, 2.05) is 6.92 Å². The second-order valence-electron chi connectivity index (χ2n) is 1.32. The molecule has 0 radical (unpaired) electrons. The second-order valence-corrected chi connectivity index (χ2v) is 1.32. The Morgan fingerprint density at radius 1 is 1.25 bits per heavy atom. The third kappa shape index (κ3) is 5.40. The zero-order chi connectivity index (χ0) is 6.41. The lowest BCUT2D eigenvalue weighted by molar-refractivity contribution is 0.00239. The standard InChI is InChI=1S/C6H10O2/c1-2-3-4-5-6(7)8/h2-8H,1H3/b3-2-,5-4+. The van der Waals surface area contributed by atoms with E-state index in [0.29, 0.717) is 0 Å². The number of aliphatic hydroxyl groups is 2. The molecule has 0 aromatic carbocycles. The smallest absolute Gasteiger partial charge is 0.171 e. The molecule has 0 amide bonds. The molecule has 0 atom stereocenters. The van der Waals surface area contributed by atoms with Crippen LogP contribution in [0, 0.1) is 0 Å². The summed E-state index contributed by atoms with van der Waals surface area (Å²) in [5, 5.41) is 16.4. The quantitative estimate of drug-likeness (QED) is 0.403. The molecule has 2 nitrogen and oxygen atoms in total. The first-order valence-corrected chi connectivity index (χ1v) is 2.43. The van der Waals surface area contributed by atoms with Crippen LogP contribution in [0.15, 0.2) is 24.3 Å². The molecule has 0 bridgehead atoms. The lowest BCUT2D eigenvalue weighted by Gasteiger charge is -1.87. The van der Waals surface area contributed by atoms with Crippen molar-refractivity contribution in [3.8, 4) is 0 Å². The van der Waals surface area contributed by atoms with Crippen molar-refractivity contribution in [2.24, 2.45) is 0 Å². The Hall–Kier alpha value is -0.600. The normalized spacial score (nSPS) is 12.5. The summed E-state index contributed by atoms with van der Waals surface area (Å²) in [6.45, 7) is 1.86. The van der Waals surface area contributed by atoms with Gasteiger partial charge >= 0.3 is 0 Å². The fraction of sp³-hybridized carbons (Fsp3) is 0.333. The SMILES string of the molecule is C/C=C\C=C\C(O)O. The maximum Gasteiger partial charge on any atom is 0.171 e. The van der Waals surface area contributed by atoms with Gasteiger partial charge < -0.3 is 10.2 Å². The van der Waals surface area contributed by atoms with Crippen LogP contribution in [-0.2, 0) is 0 Å². The van der Waals surface area contributed by atoms with Crippen LogP contribution < -0.4 is 0 Å². The van der Waals surface area contributed by atoms with Crippen LogP contribution in [-0.4, -0.2) is 16.5 Å². The van der Waals surface area contributed by atoms with Gasteiger partial charge in [0.15, 0.2) is 6.29 Å². The van der Waals surface area contributed by atoms with Gasteiger partial charge in [0.1, 0.15) is 0 Å². The van der Waals surface area contributed by atoms with E-state index in [-0.39, 0.29) is 0 Å². The predicted molar refractivity (Wildman–Crippen MR) is 32.2 cm³/mol. The second kappa shape index (κ2) is 4.56. The molecule has 2 heteroatoms. The minimum absolute atomic E-state index is 1.28. The Balaban J connectivity index is 3.34. The van der Waals surface area contributed by atoms with Gasteiger partial charge in [0.05, 0.1) is 0 Å². The van der Waals surface area contributed by atoms with E-state index in [1.165, 1.54) is 6.08 Å². The summed E-state index contributed by atoms with van der Waals surface area (Å²) in [4.78, 5) is 0. The van der Waals surface area contributed by atoms with Gasteiger partial charge in [-0.15, -0.1) is 0 Å². The first kappa shape index (κ1) is 7.40. The molecule has 0 rings (SSSR count). The summed E-state index contributed by atoms with van der Waals surface area (Å²) in [6.07, 6.45) is 5.05. The zero-order valence-corrected chi connectivity index (χ0v) is 4.78. The molecular formula is C6H10O2. The molecule has 0 spiro atoms. The summed E-state index contributed by atoms with van der Waals surface area (Å²) >= 11 is 0. The van der Waals surface area contributed by atoms with Gasteiger partial charge in [-0.25, -0.2) is 0 Å². The number of hydrogen-bond donors (Lipinski definition) is 2. The molecular weight excluding hydrogens is 104 g/mol. The van der Waals surface area contributed by atoms with Crippen LogP contribution in [0.1, 0.15) is 6.92 Å². The summed E-state index contributed by atoms with van der Waals surface area (Å²) in [5.41, 5.74) is 0. The topological polar surface area (TPSA) is 40.5 Å². The van der Waals surface area contributed by atoms with Gasteiger partial charge in [-0.3, -0.25) is 0 Å². The van der Waals surface area contributed by atoms with E-state index in [2.05, 4.69) is 0 Å². The van der Waals surface area contributed by atoms with Crippen LogP contribution in [0.4, 0.5) is 0 Å². The molecule has 0 aliphatic carbocycles. The number of rotatable bonds is 2. The van der Waals surface area contributed by atoms with Gasteiger partial charge in [-0.2, -0.15) is 0 Å². The summed E-state index contributed by atoms with van der Waals surface area (Å²) in [5.74, 6) is 0. The molecule has 0 heterocycles. The number of allylic oxidation sites excluding steroid dienone is 3. The molecule has 8 heavy (non-hydrogen) atoms. The third-order valence-corrected chi connectivity index (χ3v) is 0.587. The van der Waals surface area contributed by atoms with Gasteiger partial charge in [-0.05, 0) is 13.0 Å². The van der Waals surface area contributed by atoms with Crippen molar-refractivity contribution in [1.82, 2.24) is 0 Å². The molecule has 0 unspecified atom stereocenters. The Kier molecular flexibility index (Phi) is 4.21. The molecule has 0 aromatic heterocycles. The third-order valence-electron chi connectivity index (χ3n) is 0.587. The minimum atomic E-state index is -1.33. The lowest BCUT2D eigenvalue weighted by Crippen LogP contribution is -1.96. The van der Waals surface area contributed by atoms with Crippen molar-refractivity contribution in [2.75, 3.05) is 0 Å². The number of hydrogen-bond acceptors (Lipinski definition) is 2. The van der Waals surface area contributed by atoms with Crippen molar-refractivity contribution in [3.05, 3.63) is 24.3 Å². The summed E-state index contributed by atoms with van der Waals surface area (Å²) < 4.78 is 0. The Morgan fingerprint density at radius 3 is 2.25 bits per heavy atom. The largest absolute Gasteiger partial charge is 0.365 e. The van der Waals surface area contributed by atoms with Crippen molar-refractivity contribution in [3.63, 3.8) is 0 Å². The van der Waals surface area contributed by atoms with Gasteiger partial charge in [-0.1, -0.05) is 18.2 Å². The van der Waals surface area contributed by atoms with Gasteiger partial charge in [0.25, 0.3) is 0 Å². The number of aliphatic hydroxyl groups excluding tert-OH is 1. The summed E-state index contributed by atoms with van der Waals surface area (Å²) in [7, 11) is 0. The minimum Gasteiger partial charge on any atom is -0.365 e. The molecule has 46 valence electrons. The first-order chi connectivity index (χ1) is 3.77. The Morgan fingerprint density at radius 2 is 1.88 bits per heavy atom. The lowest BCUT2D eigenvalue weighted by atomic mass is 10.4. The summed E-state index contributed by atoms with van der Waals surface area (Å²) in [6, 6.07) is 0. The molecule has 2 N–H and O–H groups in total. The van der Waals surface area contributed by atoms with E-state index >= 15 is 0 Å².